The third-order valence-corrected chi connectivity index (χ3v) is 1.93. The Morgan fingerprint density at radius 2 is 2.38 bits per heavy atom. The Balaban J connectivity index is 2.59. The predicted octanol–water partition coefficient (Wildman–Crippen LogP) is -0.124. The number of nitro groups is 1. The minimum Gasteiger partial charge on any atom is -0.362 e. The largest absolute Gasteiger partial charge is 0.362 e. The Labute approximate surface area is 91.8 Å². The zero-order chi connectivity index (χ0) is 12.1. The standard InChI is InChI=1S/C8H13N5O3/c1-9-7(14)3-4-10-8-6(13(15)16)5-12(2)11-8/h5H,3-4H2,1-2H3,(H,9,14)(H,10,11). The van der Waals surface area contributed by atoms with E-state index in [1.807, 2.05) is 0 Å². The number of anilines is 1. The van der Waals surface area contributed by atoms with E-state index in [4.69, 9.17) is 0 Å². The monoisotopic (exact) mass is 227 g/mol. The molecule has 0 aliphatic carbocycles. The van der Waals surface area contributed by atoms with E-state index in [1.54, 1.807) is 7.05 Å². The number of aryl methyl sites for hydroxylation is 1. The van der Waals surface area contributed by atoms with Gasteiger partial charge in [0.05, 0.1) is 4.92 Å². The van der Waals surface area contributed by atoms with Crippen molar-refractivity contribution in [2.45, 2.75) is 6.42 Å². The maximum Gasteiger partial charge on any atom is 0.330 e. The van der Waals surface area contributed by atoms with Crippen LogP contribution in [0.5, 0.6) is 0 Å². The van der Waals surface area contributed by atoms with Gasteiger partial charge in [-0.3, -0.25) is 19.6 Å². The molecular formula is C8H13N5O3. The Morgan fingerprint density at radius 1 is 1.69 bits per heavy atom. The molecule has 16 heavy (non-hydrogen) atoms. The van der Waals surface area contributed by atoms with Crippen molar-refractivity contribution in [2.75, 3.05) is 18.9 Å². The quantitative estimate of drug-likeness (QED) is 0.539. The van der Waals surface area contributed by atoms with Gasteiger partial charge in [-0.15, -0.1) is 5.10 Å². The summed E-state index contributed by atoms with van der Waals surface area (Å²) in [5.74, 6) is 0.0440. The van der Waals surface area contributed by atoms with Crippen molar-refractivity contribution in [1.82, 2.24) is 15.1 Å². The van der Waals surface area contributed by atoms with Crippen molar-refractivity contribution < 1.29 is 9.72 Å². The molecule has 2 N–H and O–H groups in total. The molecule has 1 amide bonds. The fraction of sp³-hybridized carbons (Fsp3) is 0.500. The third-order valence-electron chi connectivity index (χ3n) is 1.93. The number of hydrogen-bond acceptors (Lipinski definition) is 5. The average molecular weight is 227 g/mol. The molecule has 88 valence electrons. The number of hydrogen-bond donors (Lipinski definition) is 2. The maximum absolute atomic E-state index is 10.9. The lowest BCUT2D eigenvalue weighted by molar-refractivity contribution is -0.384. The Morgan fingerprint density at radius 3 is 2.94 bits per heavy atom. The van der Waals surface area contributed by atoms with Crippen LogP contribution in [0, 0.1) is 10.1 Å². The molecule has 0 aromatic carbocycles. The van der Waals surface area contributed by atoms with Crippen LogP contribution in [0.2, 0.25) is 0 Å². The summed E-state index contributed by atoms with van der Waals surface area (Å²) >= 11 is 0. The van der Waals surface area contributed by atoms with Crippen LogP contribution in [0.3, 0.4) is 0 Å². The molecule has 0 saturated carbocycles. The van der Waals surface area contributed by atoms with Gasteiger partial charge < -0.3 is 10.6 Å². The minimum atomic E-state index is -0.519. The van der Waals surface area contributed by atoms with Gasteiger partial charge in [0.25, 0.3) is 0 Å². The van der Waals surface area contributed by atoms with Crippen LogP contribution in [0.25, 0.3) is 0 Å². The summed E-state index contributed by atoms with van der Waals surface area (Å²) in [6.45, 7) is 0.303. The lowest BCUT2D eigenvalue weighted by Crippen LogP contribution is -2.21. The molecule has 1 heterocycles. The molecule has 0 bridgehead atoms. The first-order chi connectivity index (χ1) is 7.54. The van der Waals surface area contributed by atoms with E-state index in [0.29, 0.717) is 6.54 Å². The first kappa shape index (κ1) is 12.0. The SMILES string of the molecule is CNC(=O)CCNc1nn(C)cc1[N+](=O)[O-]. The molecule has 8 nitrogen and oxygen atoms in total. The van der Waals surface area contributed by atoms with Gasteiger partial charge in [0.1, 0.15) is 6.20 Å². The van der Waals surface area contributed by atoms with Crippen molar-refractivity contribution >= 4 is 17.4 Å². The summed E-state index contributed by atoms with van der Waals surface area (Å²) in [7, 11) is 3.13. The first-order valence-corrected chi connectivity index (χ1v) is 4.67. The molecule has 1 aromatic heterocycles. The molecule has 0 atom stereocenters. The van der Waals surface area contributed by atoms with Gasteiger partial charge in [-0.25, -0.2) is 0 Å². The van der Waals surface area contributed by atoms with Crippen molar-refractivity contribution in [2.24, 2.45) is 7.05 Å². The van der Waals surface area contributed by atoms with Crippen molar-refractivity contribution in [3.63, 3.8) is 0 Å². The lowest BCUT2D eigenvalue weighted by atomic mass is 10.4. The number of aromatic nitrogens is 2. The second-order valence-electron chi connectivity index (χ2n) is 3.14. The number of rotatable bonds is 5. The molecule has 8 heteroatoms. The molecule has 0 aliphatic heterocycles. The molecule has 1 rings (SSSR count). The normalized spacial score (nSPS) is 9.88. The summed E-state index contributed by atoms with van der Waals surface area (Å²) in [6, 6.07) is 0. The molecule has 1 aromatic rings. The van der Waals surface area contributed by atoms with Gasteiger partial charge >= 0.3 is 5.69 Å². The van der Waals surface area contributed by atoms with E-state index in [2.05, 4.69) is 15.7 Å². The summed E-state index contributed by atoms with van der Waals surface area (Å²) in [6.07, 6.45) is 1.55. The van der Waals surface area contributed by atoms with Crippen LogP contribution in [0.1, 0.15) is 6.42 Å². The van der Waals surface area contributed by atoms with Crippen LogP contribution >= 0.6 is 0 Å². The summed E-state index contributed by atoms with van der Waals surface area (Å²) in [5, 5.41) is 19.7. The van der Waals surface area contributed by atoms with Crippen LogP contribution < -0.4 is 10.6 Å². The van der Waals surface area contributed by atoms with Crippen molar-refractivity contribution in [1.29, 1.82) is 0 Å². The van der Waals surface area contributed by atoms with Crippen LogP contribution in [0.15, 0.2) is 6.20 Å². The zero-order valence-corrected chi connectivity index (χ0v) is 9.06. The Bertz CT molecular complexity index is 400. The smallest absolute Gasteiger partial charge is 0.330 e. The molecule has 0 unspecified atom stereocenters. The van der Waals surface area contributed by atoms with Crippen LogP contribution in [0.4, 0.5) is 11.5 Å². The maximum atomic E-state index is 10.9. The zero-order valence-electron chi connectivity index (χ0n) is 9.06. The summed E-state index contributed by atoms with van der Waals surface area (Å²) in [5.41, 5.74) is -0.0978. The number of nitrogens with zero attached hydrogens (tertiary/aromatic N) is 3. The van der Waals surface area contributed by atoms with E-state index in [-0.39, 0.29) is 23.8 Å². The van der Waals surface area contributed by atoms with E-state index in [1.165, 1.54) is 17.9 Å². The number of carbonyl (C=O) groups is 1. The highest BCUT2D eigenvalue weighted by molar-refractivity contribution is 5.76. The highest BCUT2D eigenvalue weighted by Crippen LogP contribution is 2.20. The molecule has 0 radical (unpaired) electrons. The van der Waals surface area contributed by atoms with Gasteiger partial charge in [0, 0.05) is 27.1 Å². The topological polar surface area (TPSA) is 102 Å². The number of amides is 1. The Hall–Kier alpha value is -2.12. The Kier molecular flexibility index (Phi) is 3.81. The number of nitrogens with one attached hydrogen (secondary N) is 2. The van der Waals surface area contributed by atoms with E-state index in [0.717, 1.165) is 0 Å². The van der Waals surface area contributed by atoms with Crippen LogP contribution in [-0.4, -0.2) is 34.2 Å². The van der Waals surface area contributed by atoms with Gasteiger partial charge in [0.2, 0.25) is 11.7 Å². The molecule has 0 fully saturated rings. The molecule has 0 spiro atoms. The first-order valence-electron chi connectivity index (χ1n) is 4.67. The molecule has 0 aliphatic rings. The predicted molar refractivity (Wildman–Crippen MR) is 57.0 cm³/mol. The van der Waals surface area contributed by atoms with Crippen molar-refractivity contribution in [3.05, 3.63) is 16.3 Å². The van der Waals surface area contributed by atoms with E-state index < -0.39 is 4.92 Å². The van der Waals surface area contributed by atoms with E-state index >= 15 is 0 Å². The van der Waals surface area contributed by atoms with Gasteiger partial charge in [0.15, 0.2) is 0 Å². The van der Waals surface area contributed by atoms with Gasteiger partial charge in [-0.1, -0.05) is 0 Å². The molecule has 0 saturated heterocycles. The fourth-order valence-electron chi connectivity index (χ4n) is 1.15. The highest BCUT2D eigenvalue weighted by Gasteiger charge is 2.17. The highest BCUT2D eigenvalue weighted by atomic mass is 16.6. The van der Waals surface area contributed by atoms with Crippen molar-refractivity contribution in [3.8, 4) is 0 Å². The lowest BCUT2D eigenvalue weighted by Gasteiger charge is -2.01. The van der Waals surface area contributed by atoms with Gasteiger partial charge in [-0.05, 0) is 0 Å². The third kappa shape index (κ3) is 2.94. The van der Waals surface area contributed by atoms with Crippen LogP contribution in [-0.2, 0) is 11.8 Å². The summed E-state index contributed by atoms with van der Waals surface area (Å²) in [4.78, 5) is 21.0. The second kappa shape index (κ2) is 5.10. The minimum absolute atomic E-state index is 0.0978. The summed E-state index contributed by atoms with van der Waals surface area (Å²) < 4.78 is 1.35. The van der Waals surface area contributed by atoms with Gasteiger partial charge in [-0.2, -0.15) is 0 Å². The van der Waals surface area contributed by atoms with E-state index in [9.17, 15) is 14.9 Å². The number of carbonyl (C=O) groups excluding carboxylic acids is 1. The molecular weight excluding hydrogens is 214 g/mol. The average Bonchev–Trinajstić information content (AvgIpc) is 2.59. The fourth-order valence-corrected chi connectivity index (χ4v) is 1.15. The second-order valence-corrected chi connectivity index (χ2v) is 3.14.